The predicted octanol–water partition coefficient (Wildman–Crippen LogP) is 9.54. The van der Waals surface area contributed by atoms with Crippen LogP contribution < -0.4 is 0 Å². The standard InChI is InChI=1S/C38H24N4/c1-2-9-25(10-3-1)36-40-37-32-17-6-13-28(23-32)26-11-4-15-30(21-26)34-19-8-20-35(39-34)31-16-5-12-27(22-31)29-14-7-18-33(24-29)38(41-36)42-37/h1-24H. The van der Waals surface area contributed by atoms with Crippen molar-refractivity contribution in [2.75, 3.05) is 0 Å². The summed E-state index contributed by atoms with van der Waals surface area (Å²) >= 11 is 0. The average Bonchev–Trinajstić information content (AvgIpc) is 3.08. The zero-order chi connectivity index (χ0) is 27.9. The second kappa shape index (κ2) is 10.0. The molecule has 0 atom stereocenters. The van der Waals surface area contributed by atoms with Gasteiger partial charge in [-0.15, -0.1) is 0 Å². The molecule has 0 unspecified atom stereocenters. The van der Waals surface area contributed by atoms with Gasteiger partial charge < -0.3 is 0 Å². The lowest BCUT2D eigenvalue weighted by atomic mass is 10.1. The van der Waals surface area contributed by atoms with Crippen LogP contribution in [0.1, 0.15) is 0 Å². The molecule has 5 aromatic carbocycles. The van der Waals surface area contributed by atoms with Crippen molar-refractivity contribution in [2.45, 2.75) is 0 Å². The minimum Gasteiger partial charge on any atom is -0.248 e. The molecule has 3 aromatic heterocycles. The Hall–Kier alpha value is -5.74. The van der Waals surface area contributed by atoms with Crippen LogP contribution >= 0.6 is 0 Å². The molecule has 0 spiro atoms. The first kappa shape index (κ1) is 24.1. The number of pyridine rings is 1. The van der Waals surface area contributed by atoms with E-state index < -0.39 is 0 Å². The lowest BCUT2D eigenvalue weighted by Crippen LogP contribution is -1.94. The number of rotatable bonds is 1. The number of benzene rings is 5. The molecule has 196 valence electrons. The van der Waals surface area contributed by atoms with E-state index >= 15 is 0 Å². The molecular formula is C38H24N4. The first-order valence-corrected chi connectivity index (χ1v) is 14.0. The van der Waals surface area contributed by atoms with Gasteiger partial charge in [0.15, 0.2) is 17.1 Å². The van der Waals surface area contributed by atoms with E-state index in [0.717, 1.165) is 59.7 Å². The van der Waals surface area contributed by atoms with Gasteiger partial charge in [0, 0.05) is 27.1 Å². The molecule has 12 bridgehead atoms. The number of aromatic nitrogens is 4. The molecule has 0 fully saturated rings. The van der Waals surface area contributed by atoms with Crippen LogP contribution in [-0.4, -0.2) is 19.9 Å². The summed E-state index contributed by atoms with van der Waals surface area (Å²) < 4.78 is 0. The summed E-state index contributed by atoms with van der Waals surface area (Å²) in [5.41, 5.74) is 4.10. The minimum absolute atomic E-state index is 0.639. The number of hydrogen-bond acceptors (Lipinski definition) is 4. The van der Waals surface area contributed by atoms with Crippen LogP contribution in [-0.2, 0) is 0 Å². The summed E-state index contributed by atoms with van der Waals surface area (Å²) in [5, 5.41) is 8.39. The molecule has 0 saturated heterocycles. The van der Waals surface area contributed by atoms with Crippen LogP contribution in [0.2, 0.25) is 0 Å². The Balaban J connectivity index is 1.59. The third kappa shape index (κ3) is 4.45. The van der Waals surface area contributed by atoms with Crippen LogP contribution in [0, 0.1) is 0 Å². The maximum Gasteiger partial charge on any atom is 0.164 e. The van der Waals surface area contributed by atoms with E-state index in [2.05, 4.69) is 115 Å². The van der Waals surface area contributed by atoms with Crippen LogP contribution in [0.15, 0.2) is 146 Å². The summed E-state index contributed by atoms with van der Waals surface area (Å²) in [6.45, 7) is 0. The molecule has 0 saturated carbocycles. The summed E-state index contributed by atoms with van der Waals surface area (Å²) in [5.74, 6) is 0.648. The Morgan fingerprint density at radius 1 is 0.286 bits per heavy atom. The number of nitrogens with zero attached hydrogens (tertiary/aromatic N) is 4. The number of fused-ring (bicyclic) bond motifs is 18. The monoisotopic (exact) mass is 536 g/mol. The first-order chi connectivity index (χ1) is 20.8. The van der Waals surface area contributed by atoms with Crippen molar-refractivity contribution in [3.05, 3.63) is 146 Å². The fraction of sp³-hybridized carbons (Fsp3) is 0. The fourth-order valence-corrected chi connectivity index (χ4v) is 5.50. The largest absolute Gasteiger partial charge is 0.248 e. The SMILES string of the molecule is c1ccc(-c2nc3nc(n2)c2cccc(c2)c2cccc(c2)c2cccc(n2)c2cccc(c2)c2cccc3c2)cc1. The molecule has 42 heavy (non-hydrogen) atoms. The summed E-state index contributed by atoms with van der Waals surface area (Å²) in [6.07, 6.45) is 0. The van der Waals surface area contributed by atoms with E-state index in [1.807, 2.05) is 30.3 Å². The second-order valence-corrected chi connectivity index (χ2v) is 10.4. The van der Waals surface area contributed by atoms with Gasteiger partial charge in [0.1, 0.15) is 0 Å². The van der Waals surface area contributed by atoms with Gasteiger partial charge in [0.05, 0.1) is 11.0 Å². The predicted molar refractivity (Wildman–Crippen MR) is 175 cm³/mol. The van der Waals surface area contributed by atoms with E-state index in [1.54, 1.807) is 0 Å². The van der Waals surface area contributed by atoms with Gasteiger partial charge in [-0.2, -0.15) is 0 Å². The van der Waals surface area contributed by atoms with Gasteiger partial charge in [-0.05, 0) is 57.9 Å². The molecular weight excluding hydrogens is 512 g/mol. The molecule has 0 amide bonds. The van der Waals surface area contributed by atoms with Crippen molar-refractivity contribution < 1.29 is 0 Å². The van der Waals surface area contributed by atoms with Gasteiger partial charge in [0.25, 0.3) is 0 Å². The Bertz CT molecular complexity index is 2270. The highest BCUT2D eigenvalue weighted by Crippen LogP contribution is 2.24. The Morgan fingerprint density at radius 3 is 1.19 bits per heavy atom. The van der Waals surface area contributed by atoms with E-state index in [1.165, 1.54) is 0 Å². The zero-order valence-electron chi connectivity index (χ0n) is 22.6. The van der Waals surface area contributed by atoms with Gasteiger partial charge in [0.2, 0.25) is 0 Å². The maximum absolute atomic E-state index is 5.07. The van der Waals surface area contributed by atoms with Crippen molar-refractivity contribution in [1.82, 2.24) is 19.9 Å². The molecule has 0 aliphatic carbocycles. The molecule has 0 N–H and O–H groups in total. The molecule has 0 aliphatic rings. The fourth-order valence-electron chi connectivity index (χ4n) is 5.50. The van der Waals surface area contributed by atoms with Crippen molar-refractivity contribution in [1.29, 1.82) is 0 Å². The molecule has 3 heterocycles. The molecule has 8 rings (SSSR count). The molecule has 4 heteroatoms. The van der Waals surface area contributed by atoms with Crippen molar-refractivity contribution in [2.24, 2.45) is 0 Å². The third-order valence-corrected chi connectivity index (χ3v) is 7.64. The minimum atomic E-state index is 0.639. The van der Waals surface area contributed by atoms with E-state index in [0.29, 0.717) is 17.1 Å². The lowest BCUT2D eigenvalue weighted by Gasteiger charge is -2.04. The number of hydrogen-bond donors (Lipinski definition) is 0. The second-order valence-electron chi connectivity index (χ2n) is 10.4. The van der Waals surface area contributed by atoms with E-state index in [-0.39, 0.29) is 0 Å². The quantitative estimate of drug-likeness (QED) is 0.210. The highest BCUT2D eigenvalue weighted by Gasteiger charge is 2.07. The van der Waals surface area contributed by atoms with Crippen molar-refractivity contribution in [3.8, 4) is 11.4 Å². The highest BCUT2D eigenvalue weighted by molar-refractivity contribution is 5.97. The summed E-state index contributed by atoms with van der Waals surface area (Å²) in [6, 6.07) is 50.2. The molecule has 0 aliphatic heterocycles. The van der Waals surface area contributed by atoms with Gasteiger partial charge >= 0.3 is 0 Å². The van der Waals surface area contributed by atoms with Crippen LogP contribution in [0.5, 0.6) is 0 Å². The summed E-state index contributed by atoms with van der Waals surface area (Å²) in [4.78, 5) is 20.0. The maximum atomic E-state index is 5.07. The van der Waals surface area contributed by atoms with E-state index in [4.69, 9.17) is 19.9 Å². The molecule has 4 nitrogen and oxygen atoms in total. The topological polar surface area (TPSA) is 51.6 Å². The van der Waals surface area contributed by atoms with Crippen molar-refractivity contribution >= 4 is 65.4 Å². The Kier molecular flexibility index (Phi) is 5.75. The van der Waals surface area contributed by atoms with Crippen LogP contribution in [0.25, 0.3) is 76.8 Å². The van der Waals surface area contributed by atoms with Crippen LogP contribution in [0.3, 0.4) is 0 Å². The average molecular weight is 537 g/mol. The third-order valence-electron chi connectivity index (χ3n) is 7.64. The zero-order valence-corrected chi connectivity index (χ0v) is 22.6. The lowest BCUT2D eigenvalue weighted by molar-refractivity contribution is 1.18. The van der Waals surface area contributed by atoms with Crippen molar-refractivity contribution in [3.63, 3.8) is 0 Å². The highest BCUT2D eigenvalue weighted by atomic mass is 15.0. The van der Waals surface area contributed by atoms with E-state index in [9.17, 15) is 0 Å². The molecule has 0 radical (unpaired) electrons. The Morgan fingerprint density at radius 2 is 0.690 bits per heavy atom. The molecule has 8 aromatic rings. The smallest absolute Gasteiger partial charge is 0.164 e. The Labute approximate surface area is 242 Å². The summed E-state index contributed by atoms with van der Waals surface area (Å²) in [7, 11) is 0. The first-order valence-electron chi connectivity index (χ1n) is 14.0. The van der Waals surface area contributed by atoms with Crippen LogP contribution in [0.4, 0.5) is 0 Å². The van der Waals surface area contributed by atoms with Gasteiger partial charge in [-0.1, -0.05) is 109 Å². The normalized spacial score (nSPS) is 11.3. The van der Waals surface area contributed by atoms with Gasteiger partial charge in [-0.25, -0.2) is 19.9 Å². The van der Waals surface area contributed by atoms with Gasteiger partial charge in [-0.3, -0.25) is 0 Å².